The summed E-state index contributed by atoms with van der Waals surface area (Å²) in [7, 11) is 0. The highest BCUT2D eigenvalue weighted by Gasteiger charge is 2.56. The molecule has 0 saturated carbocycles. The van der Waals surface area contributed by atoms with Crippen LogP contribution in [-0.4, -0.2) is 95.0 Å². The van der Waals surface area contributed by atoms with Crippen molar-refractivity contribution in [2.24, 2.45) is 5.73 Å². The number of amides is 5. The summed E-state index contributed by atoms with van der Waals surface area (Å²) in [5.41, 5.74) is 7.58. The van der Waals surface area contributed by atoms with Crippen molar-refractivity contribution in [2.45, 2.75) is 48.8 Å². The van der Waals surface area contributed by atoms with Crippen molar-refractivity contribution < 1.29 is 44.1 Å². The van der Waals surface area contributed by atoms with Crippen molar-refractivity contribution >= 4 is 59.0 Å². The number of phenols is 2. The molecule has 15 nitrogen and oxygen atoms in total. The number of carboxylic acid groups (broad SMARTS) is 1. The van der Waals surface area contributed by atoms with Gasteiger partial charge in [-0.3, -0.25) is 33.8 Å². The first-order valence-corrected chi connectivity index (χ1v) is 18.5. The van der Waals surface area contributed by atoms with E-state index in [9.17, 15) is 44.1 Å². The normalized spacial score (nSPS) is 23.5. The van der Waals surface area contributed by atoms with E-state index < -0.39 is 70.4 Å². The number of nitrogens with one attached hydrogen (secondary N) is 3. The van der Waals surface area contributed by atoms with Gasteiger partial charge >= 0.3 is 5.97 Å². The number of β-lactam (4-membered cyclic amide) rings is 2. The molecule has 4 heterocycles. The molecule has 4 aliphatic heterocycles. The Kier molecular flexibility index (Phi) is 10.7. The van der Waals surface area contributed by atoms with Crippen LogP contribution >= 0.6 is 23.5 Å². The summed E-state index contributed by atoms with van der Waals surface area (Å²) in [4.78, 5) is 82.6. The van der Waals surface area contributed by atoms with Crippen LogP contribution in [0.2, 0.25) is 0 Å². The zero-order valence-electron chi connectivity index (χ0n) is 28.4. The van der Waals surface area contributed by atoms with Crippen LogP contribution in [0.5, 0.6) is 11.5 Å². The van der Waals surface area contributed by atoms with Crippen molar-refractivity contribution in [1.29, 1.82) is 0 Å². The van der Waals surface area contributed by atoms with Crippen LogP contribution in [0, 0.1) is 0 Å². The molecule has 2 saturated heterocycles. The van der Waals surface area contributed by atoms with E-state index in [1.807, 2.05) is 0 Å². The summed E-state index contributed by atoms with van der Waals surface area (Å²) in [6.45, 7) is 3.48. The molecule has 0 aromatic heterocycles. The second kappa shape index (κ2) is 15.2. The molecule has 0 bridgehead atoms. The highest BCUT2D eigenvalue weighted by molar-refractivity contribution is 8.00. The fourth-order valence-electron chi connectivity index (χ4n) is 6.44. The van der Waals surface area contributed by atoms with Crippen molar-refractivity contribution in [2.75, 3.05) is 11.5 Å². The molecule has 8 N–H and O–H groups in total. The lowest BCUT2D eigenvalue weighted by atomic mass is 9.99. The van der Waals surface area contributed by atoms with Gasteiger partial charge in [0.15, 0.2) is 0 Å². The SMILES string of the molecule is C/C=C\C1=C(C(=O)O)N2C(=O)[C@@H](NC(=O)[C@H](NC(=O)C3=C(/C=C/C)CS[C@@H]4[C@H](NC(=O)[C@H](N)c5ccc(O)cc5)C(=O)N34)c3ccc(O)cc3)[C@H]2SC1. The number of hydrogen-bond acceptors (Lipinski definition) is 11. The zero-order valence-corrected chi connectivity index (χ0v) is 30.0. The third-order valence-electron chi connectivity index (χ3n) is 9.04. The molecule has 6 rings (SSSR count). The Balaban J connectivity index is 1.22. The van der Waals surface area contributed by atoms with E-state index in [0.717, 1.165) is 4.90 Å². The Morgan fingerprint density at radius 2 is 1.21 bits per heavy atom. The zero-order chi connectivity index (χ0) is 38.1. The number of phenolic OH excluding ortho intramolecular Hbond substituents is 2. The number of rotatable bonds is 11. The van der Waals surface area contributed by atoms with Crippen molar-refractivity contribution in [1.82, 2.24) is 25.8 Å². The molecular weight excluding hydrogens is 725 g/mol. The number of benzene rings is 2. The quantitative estimate of drug-likeness (QED) is 0.162. The van der Waals surface area contributed by atoms with E-state index in [4.69, 9.17) is 5.73 Å². The first-order chi connectivity index (χ1) is 25.4. The first kappa shape index (κ1) is 37.2. The Hall–Kier alpha value is -5.52. The second-order valence-electron chi connectivity index (χ2n) is 12.4. The molecule has 2 aromatic carbocycles. The number of nitrogens with zero attached hydrogens (tertiary/aromatic N) is 2. The van der Waals surface area contributed by atoms with E-state index >= 15 is 0 Å². The molecule has 5 amide bonds. The third-order valence-corrected chi connectivity index (χ3v) is 11.6. The number of hydrogen-bond donors (Lipinski definition) is 7. The van der Waals surface area contributed by atoms with Gasteiger partial charge in [-0.15, -0.1) is 23.5 Å². The lowest BCUT2D eigenvalue weighted by molar-refractivity contribution is -0.151. The smallest absolute Gasteiger partial charge is 0.352 e. The van der Waals surface area contributed by atoms with Gasteiger partial charge in [-0.2, -0.15) is 0 Å². The highest BCUT2D eigenvalue weighted by atomic mass is 32.2. The average molecular weight is 761 g/mol. The molecule has 0 aliphatic carbocycles. The number of carbonyl (C=O) groups excluding carboxylic acids is 5. The molecular formula is C36H36N6O9S2. The molecule has 53 heavy (non-hydrogen) atoms. The van der Waals surface area contributed by atoms with E-state index in [1.165, 1.54) is 77.0 Å². The Morgan fingerprint density at radius 3 is 1.70 bits per heavy atom. The fraction of sp³-hybridized carbons (Fsp3) is 0.278. The predicted molar refractivity (Wildman–Crippen MR) is 195 cm³/mol. The van der Waals surface area contributed by atoms with Crippen molar-refractivity contribution in [3.8, 4) is 11.5 Å². The molecule has 2 fully saturated rings. The largest absolute Gasteiger partial charge is 0.508 e. The summed E-state index contributed by atoms with van der Waals surface area (Å²) in [6.07, 6.45) is 6.67. The maximum atomic E-state index is 14.2. The summed E-state index contributed by atoms with van der Waals surface area (Å²) < 4.78 is 0. The number of thioether (sulfide) groups is 2. The van der Waals surface area contributed by atoms with Gasteiger partial charge in [0.2, 0.25) is 11.8 Å². The molecule has 0 spiro atoms. The van der Waals surface area contributed by atoms with Crippen LogP contribution in [0.15, 0.2) is 95.4 Å². The lowest BCUT2D eigenvalue weighted by Gasteiger charge is -2.50. The molecule has 4 aliphatic rings. The summed E-state index contributed by atoms with van der Waals surface area (Å²) in [5, 5.41) is 36.1. The summed E-state index contributed by atoms with van der Waals surface area (Å²) >= 11 is 2.62. The molecule has 2 aromatic rings. The van der Waals surface area contributed by atoms with Crippen LogP contribution in [-0.2, 0) is 28.8 Å². The number of allylic oxidation sites excluding steroid dienone is 4. The van der Waals surface area contributed by atoms with Crippen LogP contribution in [0.1, 0.15) is 37.1 Å². The van der Waals surface area contributed by atoms with Crippen LogP contribution in [0.3, 0.4) is 0 Å². The number of carbonyl (C=O) groups is 6. The van der Waals surface area contributed by atoms with Gasteiger partial charge in [-0.05, 0) is 60.4 Å². The number of aliphatic carboxylic acids is 1. The maximum absolute atomic E-state index is 14.2. The highest BCUT2D eigenvalue weighted by Crippen LogP contribution is 2.42. The topological polar surface area (TPSA) is 232 Å². The molecule has 6 atom stereocenters. The number of nitrogens with two attached hydrogens (primary N) is 1. The minimum absolute atomic E-state index is 0.00125. The van der Waals surface area contributed by atoms with Gasteiger partial charge in [-0.1, -0.05) is 48.6 Å². The molecule has 276 valence electrons. The van der Waals surface area contributed by atoms with Gasteiger partial charge in [0.1, 0.15) is 57.8 Å². The average Bonchev–Trinajstić information content (AvgIpc) is 3.14. The minimum Gasteiger partial charge on any atom is -0.508 e. The van der Waals surface area contributed by atoms with Crippen molar-refractivity contribution in [3.05, 3.63) is 107 Å². The minimum atomic E-state index is -1.41. The van der Waals surface area contributed by atoms with E-state index in [2.05, 4.69) is 16.0 Å². The Labute approximate surface area is 312 Å². The first-order valence-electron chi connectivity index (χ1n) is 16.5. The van der Waals surface area contributed by atoms with Gasteiger partial charge in [0.25, 0.3) is 17.7 Å². The molecule has 0 unspecified atom stereocenters. The standard InChI is InChI=1S/C36H36N6O9S2/c1-3-5-19-15-52-34-25(39-29(45)23(37)17-7-11-21(43)12-8-17)32(48)41(34)27(19)31(47)38-24(18-9-13-22(44)14-10-18)30(46)40-26-33(49)42-28(36(50)51)20(6-4-2)16-53-35(26)42/h3-14,23-26,34-35,43-44H,15-16,37H2,1-2H3,(H,38,47)(H,39,45)(H,40,46)(H,50,51)/b5-3+,6-4-/t23-,24-,25-,26-,34-,35-/m1/s1. The Bertz CT molecular complexity index is 2000. The monoisotopic (exact) mass is 760 g/mol. The third kappa shape index (κ3) is 7.02. The number of carboxylic acids is 1. The van der Waals surface area contributed by atoms with E-state index in [1.54, 1.807) is 38.2 Å². The molecule has 17 heteroatoms. The van der Waals surface area contributed by atoms with Gasteiger partial charge in [0, 0.05) is 11.5 Å². The number of aromatic hydroxyl groups is 2. The van der Waals surface area contributed by atoms with Crippen LogP contribution in [0.25, 0.3) is 0 Å². The maximum Gasteiger partial charge on any atom is 0.352 e. The van der Waals surface area contributed by atoms with Crippen molar-refractivity contribution in [3.63, 3.8) is 0 Å². The predicted octanol–water partition coefficient (Wildman–Crippen LogP) is 1.50. The van der Waals surface area contributed by atoms with Crippen LogP contribution < -0.4 is 21.7 Å². The van der Waals surface area contributed by atoms with E-state index in [-0.39, 0.29) is 34.2 Å². The fourth-order valence-corrected chi connectivity index (χ4v) is 9.08. The van der Waals surface area contributed by atoms with Gasteiger partial charge in [0.05, 0.1) is 0 Å². The van der Waals surface area contributed by atoms with Gasteiger partial charge in [-0.25, -0.2) is 4.79 Å². The lowest BCUT2D eigenvalue weighted by Crippen LogP contribution is -2.72. The summed E-state index contributed by atoms with van der Waals surface area (Å²) in [5.74, 6) is -4.17. The van der Waals surface area contributed by atoms with Gasteiger partial charge < -0.3 is 37.0 Å². The van der Waals surface area contributed by atoms with Crippen LogP contribution in [0.4, 0.5) is 0 Å². The summed E-state index contributed by atoms with van der Waals surface area (Å²) in [6, 6.07) is 6.66. The second-order valence-corrected chi connectivity index (χ2v) is 14.6. The number of fused-ring (bicyclic) bond motifs is 2. The van der Waals surface area contributed by atoms with E-state index in [0.29, 0.717) is 22.5 Å². The Morgan fingerprint density at radius 1 is 0.755 bits per heavy atom. The molecule has 0 radical (unpaired) electrons.